The van der Waals surface area contributed by atoms with Crippen molar-refractivity contribution in [2.75, 3.05) is 14.1 Å². The first kappa shape index (κ1) is 15.9. The Hall–Kier alpha value is -1.46. The van der Waals surface area contributed by atoms with Gasteiger partial charge in [0.2, 0.25) is 0 Å². The number of carbonyl (C=O) groups excluding carboxylic acids is 1. The molecule has 0 N–H and O–H groups in total. The molecular formula is C16H22N2O2S. The number of thiazole rings is 1. The van der Waals surface area contributed by atoms with Crippen LogP contribution in [-0.2, 0) is 9.53 Å². The summed E-state index contributed by atoms with van der Waals surface area (Å²) < 4.78 is 6.73. The van der Waals surface area contributed by atoms with Crippen LogP contribution in [0.4, 0.5) is 0 Å². The third-order valence-electron chi connectivity index (χ3n) is 3.38. The van der Waals surface area contributed by atoms with Crippen molar-refractivity contribution in [2.45, 2.75) is 32.9 Å². The average molecular weight is 306 g/mol. The molecule has 0 aliphatic carbocycles. The standard InChI is InChI=1S/C16H22N2O2S/c1-10(2)14(18(4)5)16(19)20-11(3)15-17-12-8-6-7-9-13(12)21-15/h6-11,14H,1-5H3/t11-,14-/m1/s1. The van der Waals surface area contributed by atoms with Gasteiger partial charge in [-0.25, -0.2) is 4.98 Å². The fourth-order valence-electron chi connectivity index (χ4n) is 2.44. The van der Waals surface area contributed by atoms with E-state index < -0.39 is 0 Å². The van der Waals surface area contributed by atoms with Crippen LogP contribution >= 0.6 is 11.3 Å². The smallest absolute Gasteiger partial charge is 0.324 e. The number of fused-ring (bicyclic) bond motifs is 1. The van der Waals surface area contributed by atoms with Crippen molar-refractivity contribution < 1.29 is 9.53 Å². The number of carbonyl (C=O) groups is 1. The molecule has 1 aromatic carbocycles. The summed E-state index contributed by atoms with van der Waals surface area (Å²) in [7, 11) is 3.79. The van der Waals surface area contributed by atoms with Gasteiger partial charge < -0.3 is 4.74 Å². The van der Waals surface area contributed by atoms with Gasteiger partial charge in [-0.2, -0.15) is 0 Å². The zero-order valence-corrected chi connectivity index (χ0v) is 14.0. The molecule has 0 amide bonds. The Balaban J connectivity index is 2.13. The summed E-state index contributed by atoms with van der Waals surface area (Å²) >= 11 is 1.57. The highest BCUT2D eigenvalue weighted by atomic mass is 32.1. The first-order valence-corrected chi connectivity index (χ1v) is 7.94. The molecule has 0 bridgehead atoms. The van der Waals surface area contributed by atoms with Gasteiger partial charge in [0.25, 0.3) is 0 Å². The van der Waals surface area contributed by atoms with E-state index in [0.717, 1.165) is 15.2 Å². The molecule has 1 heterocycles. The van der Waals surface area contributed by atoms with E-state index in [-0.39, 0.29) is 24.0 Å². The third kappa shape index (κ3) is 3.60. The maximum Gasteiger partial charge on any atom is 0.324 e. The molecule has 114 valence electrons. The lowest BCUT2D eigenvalue weighted by Crippen LogP contribution is -2.41. The van der Waals surface area contributed by atoms with Crippen LogP contribution in [0.5, 0.6) is 0 Å². The molecule has 0 aliphatic heterocycles. The topological polar surface area (TPSA) is 42.4 Å². The fraction of sp³-hybridized carbons (Fsp3) is 0.500. The second kappa shape index (κ2) is 6.54. The Bertz CT molecular complexity index is 581. The summed E-state index contributed by atoms with van der Waals surface area (Å²) in [6.45, 7) is 5.92. The SMILES string of the molecule is CC(C)[C@H](C(=O)O[C@H](C)c1nc2ccccc2s1)N(C)C. The first-order chi connectivity index (χ1) is 9.90. The van der Waals surface area contributed by atoms with Crippen LogP contribution in [0.25, 0.3) is 10.2 Å². The minimum absolute atomic E-state index is 0.193. The molecule has 2 rings (SSSR count). The van der Waals surface area contributed by atoms with Gasteiger partial charge >= 0.3 is 5.97 Å². The Kier molecular flexibility index (Phi) is 4.96. The van der Waals surface area contributed by atoms with E-state index >= 15 is 0 Å². The number of ether oxygens (including phenoxy) is 1. The minimum Gasteiger partial charge on any atom is -0.454 e. The van der Waals surface area contributed by atoms with E-state index in [2.05, 4.69) is 4.98 Å². The van der Waals surface area contributed by atoms with Crippen molar-refractivity contribution in [1.29, 1.82) is 0 Å². The average Bonchev–Trinajstić information content (AvgIpc) is 2.81. The number of aromatic nitrogens is 1. The molecular weight excluding hydrogens is 284 g/mol. The van der Waals surface area contributed by atoms with Crippen molar-refractivity contribution in [1.82, 2.24) is 9.88 Å². The summed E-state index contributed by atoms with van der Waals surface area (Å²) in [6, 6.07) is 7.72. The maximum absolute atomic E-state index is 12.3. The molecule has 0 spiro atoms. The number of likely N-dealkylation sites (N-methyl/N-ethyl adjacent to an activating group) is 1. The molecule has 0 fully saturated rings. The van der Waals surface area contributed by atoms with Crippen LogP contribution < -0.4 is 0 Å². The zero-order valence-electron chi connectivity index (χ0n) is 13.2. The number of esters is 1. The first-order valence-electron chi connectivity index (χ1n) is 7.12. The summed E-state index contributed by atoms with van der Waals surface area (Å²) in [4.78, 5) is 18.8. The van der Waals surface area contributed by atoms with Gasteiger partial charge in [0, 0.05) is 0 Å². The summed E-state index contributed by atoms with van der Waals surface area (Å²) in [5, 5.41) is 0.839. The minimum atomic E-state index is -0.323. The number of para-hydroxylation sites is 1. The van der Waals surface area contributed by atoms with E-state index in [1.54, 1.807) is 11.3 Å². The van der Waals surface area contributed by atoms with E-state index in [9.17, 15) is 4.79 Å². The molecule has 0 saturated heterocycles. The van der Waals surface area contributed by atoms with E-state index in [1.165, 1.54) is 0 Å². The molecule has 0 unspecified atom stereocenters. The molecule has 2 aromatic rings. The van der Waals surface area contributed by atoms with Gasteiger partial charge in [-0.05, 0) is 39.1 Å². The normalized spacial score (nSPS) is 14.6. The van der Waals surface area contributed by atoms with E-state index in [4.69, 9.17) is 4.74 Å². The van der Waals surface area contributed by atoms with Crippen LogP contribution in [0.15, 0.2) is 24.3 Å². The Labute approximate surface area is 129 Å². The van der Waals surface area contributed by atoms with Crippen LogP contribution in [0.2, 0.25) is 0 Å². The number of hydrogen-bond acceptors (Lipinski definition) is 5. The van der Waals surface area contributed by atoms with Crippen LogP contribution in [0.3, 0.4) is 0 Å². The van der Waals surface area contributed by atoms with Crippen LogP contribution in [0.1, 0.15) is 31.9 Å². The highest BCUT2D eigenvalue weighted by Crippen LogP contribution is 2.28. The van der Waals surface area contributed by atoms with E-state index in [1.807, 2.05) is 64.0 Å². The van der Waals surface area contributed by atoms with Crippen LogP contribution in [0, 0.1) is 5.92 Å². The van der Waals surface area contributed by atoms with Crippen LogP contribution in [-0.4, -0.2) is 36.0 Å². The van der Waals surface area contributed by atoms with Crippen molar-refractivity contribution in [3.05, 3.63) is 29.3 Å². The molecule has 0 radical (unpaired) electrons. The number of benzene rings is 1. The summed E-state index contributed by atoms with van der Waals surface area (Å²) in [5.41, 5.74) is 0.952. The van der Waals surface area contributed by atoms with Gasteiger partial charge in [-0.15, -0.1) is 11.3 Å². The predicted octanol–water partition coefficient (Wildman–Crippen LogP) is 3.49. The fourth-order valence-corrected chi connectivity index (χ4v) is 3.39. The number of hydrogen-bond donors (Lipinski definition) is 0. The van der Waals surface area contributed by atoms with Gasteiger partial charge in [0.15, 0.2) is 6.10 Å². The van der Waals surface area contributed by atoms with Gasteiger partial charge in [0.05, 0.1) is 10.2 Å². The number of nitrogens with zero attached hydrogens (tertiary/aromatic N) is 2. The zero-order chi connectivity index (χ0) is 15.6. The van der Waals surface area contributed by atoms with Gasteiger partial charge in [0.1, 0.15) is 11.0 Å². The van der Waals surface area contributed by atoms with E-state index in [0.29, 0.717) is 0 Å². The molecule has 4 nitrogen and oxygen atoms in total. The monoisotopic (exact) mass is 306 g/mol. The Morgan fingerprint density at radius 2 is 1.90 bits per heavy atom. The molecule has 0 aliphatic rings. The van der Waals surface area contributed by atoms with Crippen molar-refractivity contribution in [3.8, 4) is 0 Å². The highest BCUT2D eigenvalue weighted by molar-refractivity contribution is 7.18. The van der Waals surface area contributed by atoms with Gasteiger partial charge in [-0.1, -0.05) is 26.0 Å². The lowest BCUT2D eigenvalue weighted by Gasteiger charge is -2.26. The molecule has 21 heavy (non-hydrogen) atoms. The summed E-state index contributed by atoms with van der Waals surface area (Å²) in [6.07, 6.45) is -0.323. The highest BCUT2D eigenvalue weighted by Gasteiger charge is 2.28. The van der Waals surface area contributed by atoms with Gasteiger partial charge in [-0.3, -0.25) is 9.69 Å². The molecule has 0 saturated carbocycles. The Morgan fingerprint density at radius 1 is 1.24 bits per heavy atom. The lowest BCUT2D eigenvalue weighted by molar-refractivity contribution is -0.155. The van der Waals surface area contributed by atoms with Crippen molar-refractivity contribution in [3.63, 3.8) is 0 Å². The lowest BCUT2D eigenvalue weighted by atomic mass is 10.0. The Morgan fingerprint density at radius 3 is 2.48 bits per heavy atom. The largest absolute Gasteiger partial charge is 0.454 e. The molecule has 5 heteroatoms. The maximum atomic E-state index is 12.3. The summed E-state index contributed by atoms with van der Waals surface area (Å²) in [5.74, 6) is 0.0109. The molecule has 1 aromatic heterocycles. The molecule has 2 atom stereocenters. The van der Waals surface area contributed by atoms with Crippen molar-refractivity contribution in [2.24, 2.45) is 5.92 Å². The quantitative estimate of drug-likeness (QED) is 0.793. The second-order valence-electron chi connectivity index (χ2n) is 5.75. The second-order valence-corrected chi connectivity index (χ2v) is 6.81. The third-order valence-corrected chi connectivity index (χ3v) is 4.58. The predicted molar refractivity (Wildman–Crippen MR) is 86.4 cm³/mol. The van der Waals surface area contributed by atoms with Crippen molar-refractivity contribution >= 4 is 27.5 Å². The number of rotatable bonds is 5.